The van der Waals surface area contributed by atoms with E-state index in [1.165, 1.54) is 0 Å². The molecule has 0 radical (unpaired) electrons. The van der Waals surface area contributed by atoms with Crippen molar-refractivity contribution in [3.05, 3.63) is 28.3 Å². The SMILES string of the molecule is CC(C)CN(CC(C)C)c1cccc(N)c1[N+](=O)[O-]. The van der Waals surface area contributed by atoms with Crippen LogP contribution >= 0.6 is 0 Å². The van der Waals surface area contributed by atoms with Crippen LogP contribution in [0.1, 0.15) is 27.7 Å². The number of para-hydroxylation sites is 1. The number of nitrogens with two attached hydrogens (primary N) is 1. The lowest BCUT2D eigenvalue weighted by atomic mass is 10.1. The zero-order valence-corrected chi connectivity index (χ0v) is 12.1. The minimum atomic E-state index is -0.391. The molecule has 106 valence electrons. The van der Waals surface area contributed by atoms with E-state index in [9.17, 15) is 10.1 Å². The third-order valence-corrected chi connectivity index (χ3v) is 2.74. The molecule has 0 unspecified atom stereocenters. The molecule has 0 fully saturated rings. The average molecular weight is 265 g/mol. The summed E-state index contributed by atoms with van der Waals surface area (Å²) in [5, 5.41) is 11.2. The Balaban J connectivity index is 3.21. The molecular formula is C14H23N3O2. The summed E-state index contributed by atoms with van der Waals surface area (Å²) in [5.74, 6) is 0.861. The molecule has 0 aliphatic heterocycles. The average Bonchev–Trinajstić information content (AvgIpc) is 2.25. The van der Waals surface area contributed by atoms with Gasteiger partial charge in [0.05, 0.1) is 4.92 Å². The van der Waals surface area contributed by atoms with Crippen molar-refractivity contribution in [2.45, 2.75) is 27.7 Å². The number of nitrogens with zero attached hydrogens (tertiary/aromatic N) is 2. The number of rotatable bonds is 6. The van der Waals surface area contributed by atoms with Gasteiger partial charge in [0.1, 0.15) is 11.4 Å². The van der Waals surface area contributed by atoms with E-state index in [2.05, 4.69) is 32.6 Å². The fourth-order valence-corrected chi connectivity index (χ4v) is 2.16. The van der Waals surface area contributed by atoms with Crippen LogP contribution in [0.2, 0.25) is 0 Å². The number of nitro groups is 1. The smallest absolute Gasteiger partial charge is 0.315 e. The first kappa shape index (κ1) is 15.3. The maximum absolute atomic E-state index is 11.2. The van der Waals surface area contributed by atoms with E-state index >= 15 is 0 Å². The van der Waals surface area contributed by atoms with E-state index in [-0.39, 0.29) is 11.4 Å². The molecule has 1 rings (SSSR count). The van der Waals surface area contributed by atoms with Gasteiger partial charge in [-0.2, -0.15) is 0 Å². The molecular weight excluding hydrogens is 242 g/mol. The number of hydrogen-bond acceptors (Lipinski definition) is 4. The minimum absolute atomic E-state index is 0.0174. The van der Waals surface area contributed by atoms with Gasteiger partial charge in [-0.1, -0.05) is 33.8 Å². The molecule has 0 atom stereocenters. The molecule has 0 aromatic heterocycles. The van der Waals surface area contributed by atoms with Crippen LogP contribution in [0.25, 0.3) is 0 Å². The highest BCUT2D eigenvalue weighted by atomic mass is 16.6. The zero-order chi connectivity index (χ0) is 14.6. The van der Waals surface area contributed by atoms with Crippen molar-refractivity contribution in [3.8, 4) is 0 Å². The molecule has 0 saturated heterocycles. The topological polar surface area (TPSA) is 72.4 Å². The third-order valence-electron chi connectivity index (χ3n) is 2.74. The Labute approximate surface area is 114 Å². The lowest BCUT2D eigenvalue weighted by molar-refractivity contribution is -0.383. The highest BCUT2D eigenvalue weighted by Crippen LogP contribution is 2.34. The van der Waals surface area contributed by atoms with E-state index in [1.807, 2.05) is 0 Å². The second kappa shape index (κ2) is 6.41. The predicted octanol–water partition coefficient (Wildman–Crippen LogP) is 3.30. The van der Waals surface area contributed by atoms with Crippen LogP contribution in [0.3, 0.4) is 0 Å². The van der Waals surface area contributed by atoms with Crippen molar-refractivity contribution in [3.63, 3.8) is 0 Å². The first-order valence-electron chi connectivity index (χ1n) is 6.60. The molecule has 5 nitrogen and oxygen atoms in total. The summed E-state index contributed by atoms with van der Waals surface area (Å²) in [6.07, 6.45) is 0. The molecule has 1 aromatic rings. The molecule has 2 N–H and O–H groups in total. The van der Waals surface area contributed by atoms with Gasteiger partial charge >= 0.3 is 5.69 Å². The molecule has 5 heteroatoms. The molecule has 1 aromatic carbocycles. The van der Waals surface area contributed by atoms with Crippen molar-refractivity contribution in [1.82, 2.24) is 0 Å². The Kier molecular flexibility index (Phi) is 5.15. The lowest BCUT2D eigenvalue weighted by Crippen LogP contribution is -2.32. The summed E-state index contributed by atoms with van der Waals surface area (Å²) in [7, 11) is 0. The van der Waals surface area contributed by atoms with Gasteiger partial charge in [-0.05, 0) is 24.0 Å². The van der Waals surface area contributed by atoms with Crippen molar-refractivity contribution >= 4 is 17.1 Å². The van der Waals surface area contributed by atoms with Crippen LogP contribution < -0.4 is 10.6 Å². The number of nitrogen functional groups attached to an aromatic ring is 1. The summed E-state index contributed by atoms with van der Waals surface area (Å²) >= 11 is 0. The van der Waals surface area contributed by atoms with E-state index < -0.39 is 4.92 Å². The van der Waals surface area contributed by atoms with Crippen LogP contribution in [0, 0.1) is 22.0 Å². The molecule has 0 aliphatic carbocycles. The maximum atomic E-state index is 11.2. The van der Waals surface area contributed by atoms with Crippen LogP contribution in [0.5, 0.6) is 0 Å². The van der Waals surface area contributed by atoms with E-state index in [1.54, 1.807) is 18.2 Å². The molecule has 0 spiro atoms. The Morgan fingerprint density at radius 3 is 2.16 bits per heavy atom. The predicted molar refractivity (Wildman–Crippen MR) is 79.4 cm³/mol. The molecule has 19 heavy (non-hydrogen) atoms. The first-order chi connectivity index (χ1) is 8.82. The van der Waals surface area contributed by atoms with Crippen LogP contribution in [0.4, 0.5) is 17.1 Å². The van der Waals surface area contributed by atoms with Gasteiger partial charge in [0.15, 0.2) is 0 Å². The fourth-order valence-electron chi connectivity index (χ4n) is 2.16. The van der Waals surface area contributed by atoms with Crippen molar-refractivity contribution < 1.29 is 4.92 Å². The van der Waals surface area contributed by atoms with Crippen LogP contribution in [0.15, 0.2) is 18.2 Å². The Bertz CT molecular complexity index is 434. The summed E-state index contributed by atoms with van der Waals surface area (Å²) in [5.41, 5.74) is 6.61. The number of benzene rings is 1. The standard InChI is InChI=1S/C14H23N3O2/c1-10(2)8-16(9-11(3)4)13-7-5-6-12(15)14(13)17(18)19/h5-7,10-11H,8-9,15H2,1-4H3. The van der Waals surface area contributed by atoms with E-state index in [0.29, 0.717) is 17.5 Å². The summed E-state index contributed by atoms with van der Waals surface area (Å²) in [4.78, 5) is 12.9. The van der Waals surface area contributed by atoms with Gasteiger partial charge in [0.25, 0.3) is 0 Å². The van der Waals surface area contributed by atoms with Crippen LogP contribution in [-0.4, -0.2) is 18.0 Å². The Morgan fingerprint density at radius 2 is 1.74 bits per heavy atom. The van der Waals surface area contributed by atoms with Crippen LogP contribution in [-0.2, 0) is 0 Å². The van der Waals surface area contributed by atoms with Gasteiger partial charge < -0.3 is 10.6 Å². The second-order valence-electron chi connectivity index (χ2n) is 5.66. The largest absolute Gasteiger partial charge is 0.393 e. The minimum Gasteiger partial charge on any atom is -0.393 e. The quantitative estimate of drug-likeness (QED) is 0.486. The summed E-state index contributed by atoms with van der Waals surface area (Å²) in [6, 6.07) is 5.12. The van der Waals surface area contributed by atoms with Gasteiger partial charge in [0, 0.05) is 13.1 Å². The molecule has 0 bridgehead atoms. The maximum Gasteiger partial charge on any atom is 0.315 e. The van der Waals surface area contributed by atoms with Gasteiger partial charge in [-0.3, -0.25) is 10.1 Å². The van der Waals surface area contributed by atoms with Crippen molar-refractivity contribution in [2.75, 3.05) is 23.7 Å². The lowest BCUT2D eigenvalue weighted by Gasteiger charge is -2.28. The van der Waals surface area contributed by atoms with Gasteiger partial charge in [0.2, 0.25) is 0 Å². The molecule has 0 heterocycles. The monoisotopic (exact) mass is 265 g/mol. The highest BCUT2D eigenvalue weighted by Gasteiger charge is 2.23. The zero-order valence-electron chi connectivity index (χ0n) is 12.1. The highest BCUT2D eigenvalue weighted by molar-refractivity contribution is 5.75. The van der Waals surface area contributed by atoms with E-state index in [0.717, 1.165) is 13.1 Å². The summed E-state index contributed by atoms with van der Waals surface area (Å²) in [6.45, 7) is 9.97. The summed E-state index contributed by atoms with van der Waals surface area (Å²) < 4.78 is 0. The number of nitro benzene ring substituents is 1. The molecule has 0 saturated carbocycles. The van der Waals surface area contributed by atoms with Crippen molar-refractivity contribution in [2.24, 2.45) is 11.8 Å². The molecule has 0 aliphatic rings. The number of anilines is 2. The Morgan fingerprint density at radius 1 is 1.21 bits per heavy atom. The normalized spacial score (nSPS) is 11.1. The first-order valence-corrected chi connectivity index (χ1v) is 6.60. The fraction of sp³-hybridized carbons (Fsp3) is 0.571. The van der Waals surface area contributed by atoms with Gasteiger partial charge in [-0.25, -0.2) is 0 Å². The Hall–Kier alpha value is -1.78. The van der Waals surface area contributed by atoms with Gasteiger partial charge in [-0.15, -0.1) is 0 Å². The van der Waals surface area contributed by atoms with Crippen molar-refractivity contribution in [1.29, 1.82) is 0 Å². The van der Waals surface area contributed by atoms with E-state index in [4.69, 9.17) is 5.73 Å². The second-order valence-corrected chi connectivity index (χ2v) is 5.66. The molecule has 0 amide bonds. The number of hydrogen-bond donors (Lipinski definition) is 1. The third kappa shape index (κ3) is 4.12.